The van der Waals surface area contributed by atoms with Gasteiger partial charge in [-0.05, 0) is 18.9 Å². The fraction of sp³-hybridized carbons (Fsp3) is 0.455. The molecule has 2 rings (SSSR count). The summed E-state index contributed by atoms with van der Waals surface area (Å²) in [5.74, 6) is 0. The van der Waals surface area contributed by atoms with Crippen molar-refractivity contribution in [2.24, 2.45) is 0 Å². The SMILES string of the molecule is Nc1cc([N+](=O)[O-])ccc1S(=O)(=O)NC1CCCOC1. The van der Waals surface area contributed by atoms with Gasteiger partial charge in [-0.25, -0.2) is 13.1 Å². The van der Waals surface area contributed by atoms with Crippen LogP contribution in [0.5, 0.6) is 0 Å². The quantitative estimate of drug-likeness (QED) is 0.477. The zero-order valence-electron chi connectivity index (χ0n) is 10.6. The van der Waals surface area contributed by atoms with Crippen molar-refractivity contribution >= 4 is 21.4 Å². The van der Waals surface area contributed by atoms with Gasteiger partial charge in [-0.1, -0.05) is 0 Å². The van der Waals surface area contributed by atoms with E-state index >= 15 is 0 Å². The third-order valence-electron chi connectivity index (χ3n) is 2.98. The predicted molar refractivity (Wildman–Crippen MR) is 71.7 cm³/mol. The topological polar surface area (TPSA) is 125 Å². The number of rotatable bonds is 4. The molecule has 0 spiro atoms. The fourth-order valence-electron chi connectivity index (χ4n) is 2.01. The van der Waals surface area contributed by atoms with Crippen LogP contribution < -0.4 is 10.5 Å². The molecule has 3 N–H and O–H groups in total. The summed E-state index contributed by atoms with van der Waals surface area (Å²) in [4.78, 5) is 9.81. The van der Waals surface area contributed by atoms with Crippen LogP contribution in [0, 0.1) is 10.1 Å². The number of benzene rings is 1. The molecule has 0 aliphatic carbocycles. The van der Waals surface area contributed by atoms with Crippen molar-refractivity contribution in [3.05, 3.63) is 28.3 Å². The van der Waals surface area contributed by atoms with Crippen molar-refractivity contribution in [1.29, 1.82) is 0 Å². The van der Waals surface area contributed by atoms with Crippen LogP contribution in [0.3, 0.4) is 0 Å². The molecule has 0 radical (unpaired) electrons. The van der Waals surface area contributed by atoms with Crippen molar-refractivity contribution in [3.8, 4) is 0 Å². The van der Waals surface area contributed by atoms with E-state index in [1.165, 1.54) is 0 Å². The van der Waals surface area contributed by atoms with E-state index in [0.29, 0.717) is 19.6 Å². The summed E-state index contributed by atoms with van der Waals surface area (Å²) in [6.07, 6.45) is 1.47. The average molecular weight is 301 g/mol. The maximum Gasteiger partial charge on any atom is 0.271 e. The van der Waals surface area contributed by atoms with Crippen LogP contribution in [0.2, 0.25) is 0 Å². The molecule has 9 heteroatoms. The summed E-state index contributed by atoms with van der Waals surface area (Å²) in [5.41, 5.74) is 5.20. The Labute approximate surface area is 116 Å². The first-order valence-electron chi connectivity index (χ1n) is 6.04. The zero-order valence-corrected chi connectivity index (χ0v) is 11.4. The minimum Gasteiger partial charge on any atom is -0.397 e. The van der Waals surface area contributed by atoms with E-state index < -0.39 is 14.9 Å². The smallest absolute Gasteiger partial charge is 0.271 e. The molecule has 1 fully saturated rings. The van der Waals surface area contributed by atoms with Crippen molar-refractivity contribution in [1.82, 2.24) is 4.72 Å². The summed E-state index contributed by atoms with van der Waals surface area (Å²) >= 11 is 0. The van der Waals surface area contributed by atoms with E-state index in [2.05, 4.69) is 4.72 Å². The summed E-state index contributed by atoms with van der Waals surface area (Å²) in [7, 11) is -3.81. The second-order valence-electron chi connectivity index (χ2n) is 4.51. The largest absolute Gasteiger partial charge is 0.397 e. The van der Waals surface area contributed by atoms with Crippen LogP contribution in [0.4, 0.5) is 11.4 Å². The monoisotopic (exact) mass is 301 g/mol. The molecule has 110 valence electrons. The van der Waals surface area contributed by atoms with Gasteiger partial charge in [0.25, 0.3) is 5.69 Å². The highest BCUT2D eigenvalue weighted by Gasteiger charge is 2.25. The summed E-state index contributed by atoms with van der Waals surface area (Å²) in [6, 6.07) is 2.98. The van der Waals surface area contributed by atoms with E-state index in [1.807, 2.05) is 0 Å². The van der Waals surface area contributed by atoms with Gasteiger partial charge >= 0.3 is 0 Å². The average Bonchev–Trinajstić information content (AvgIpc) is 2.38. The summed E-state index contributed by atoms with van der Waals surface area (Å²) in [6.45, 7) is 0.935. The van der Waals surface area contributed by atoms with E-state index in [1.54, 1.807) is 0 Å². The number of nitrogens with two attached hydrogens (primary N) is 1. The Morgan fingerprint density at radius 3 is 2.75 bits per heavy atom. The van der Waals surface area contributed by atoms with E-state index in [9.17, 15) is 18.5 Å². The zero-order chi connectivity index (χ0) is 14.8. The molecule has 0 bridgehead atoms. The Morgan fingerprint density at radius 1 is 1.45 bits per heavy atom. The Balaban J connectivity index is 2.22. The lowest BCUT2D eigenvalue weighted by atomic mass is 10.1. The van der Waals surface area contributed by atoms with Crippen LogP contribution in [-0.4, -0.2) is 32.6 Å². The molecule has 1 aromatic rings. The van der Waals surface area contributed by atoms with Gasteiger partial charge < -0.3 is 10.5 Å². The van der Waals surface area contributed by atoms with Crippen LogP contribution in [0.1, 0.15) is 12.8 Å². The number of nitro benzene ring substituents is 1. The molecular formula is C11H15N3O5S. The first kappa shape index (κ1) is 14.7. The highest BCUT2D eigenvalue weighted by atomic mass is 32.2. The lowest BCUT2D eigenvalue weighted by Crippen LogP contribution is -2.40. The molecule has 1 heterocycles. The highest BCUT2D eigenvalue weighted by molar-refractivity contribution is 7.89. The number of hydrogen-bond acceptors (Lipinski definition) is 6. The molecular weight excluding hydrogens is 286 g/mol. The Bertz CT molecular complexity index is 610. The van der Waals surface area contributed by atoms with E-state index in [0.717, 1.165) is 24.6 Å². The molecule has 0 saturated carbocycles. The third kappa shape index (κ3) is 3.24. The summed E-state index contributed by atoms with van der Waals surface area (Å²) in [5, 5.41) is 10.6. The summed E-state index contributed by atoms with van der Waals surface area (Å²) < 4.78 is 32.1. The second kappa shape index (κ2) is 5.73. The maximum absolute atomic E-state index is 12.2. The number of sulfonamides is 1. The minimum atomic E-state index is -3.81. The number of nitrogen functional groups attached to an aromatic ring is 1. The lowest BCUT2D eigenvalue weighted by molar-refractivity contribution is -0.384. The molecule has 0 aromatic heterocycles. The van der Waals surface area contributed by atoms with Crippen LogP contribution in [0.25, 0.3) is 0 Å². The van der Waals surface area contributed by atoms with Gasteiger partial charge in [0, 0.05) is 24.8 Å². The first-order chi connectivity index (χ1) is 9.40. The fourth-order valence-corrected chi connectivity index (χ4v) is 3.38. The predicted octanol–water partition coefficient (Wildman–Crippen LogP) is 0.634. The maximum atomic E-state index is 12.2. The van der Waals surface area contributed by atoms with E-state index in [4.69, 9.17) is 10.5 Å². The standard InChI is InChI=1S/C11H15N3O5S/c12-10-6-9(14(15)16)3-4-11(10)20(17,18)13-8-2-1-5-19-7-8/h3-4,6,8,13H,1-2,5,7,12H2. The number of nitrogens with zero attached hydrogens (tertiary/aromatic N) is 1. The van der Waals surface area contributed by atoms with Crippen molar-refractivity contribution in [3.63, 3.8) is 0 Å². The first-order valence-corrected chi connectivity index (χ1v) is 7.52. The Hall–Kier alpha value is -1.71. The third-order valence-corrected chi connectivity index (χ3v) is 4.57. The number of nitro groups is 1. The molecule has 1 saturated heterocycles. The molecule has 1 atom stereocenters. The molecule has 20 heavy (non-hydrogen) atoms. The highest BCUT2D eigenvalue weighted by Crippen LogP contribution is 2.24. The van der Waals surface area contributed by atoms with Gasteiger partial charge in [0.1, 0.15) is 4.90 Å². The number of nitrogens with one attached hydrogen (secondary N) is 1. The molecule has 1 aliphatic heterocycles. The van der Waals surface area contributed by atoms with E-state index in [-0.39, 0.29) is 22.3 Å². The Kier molecular flexibility index (Phi) is 4.21. The van der Waals surface area contributed by atoms with Crippen LogP contribution in [-0.2, 0) is 14.8 Å². The molecule has 1 unspecified atom stereocenters. The van der Waals surface area contributed by atoms with Gasteiger partial charge in [0.2, 0.25) is 10.0 Å². The van der Waals surface area contributed by atoms with Gasteiger partial charge in [-0.15, -0.1) is 0 Å². The number of non-ortho nitro benzene ring substituents is 1. The molecule has 0 amide bonds. The second-order valence-corrected chi connectivity index (χ2v) is 6.20. The van der Waals surface area contributed by atoms with Gasteiger partial charge in [-0.3, -0.25) is 10.1 Å². The lowest BCUT2D eigenvalue weighted by Gasteiger charge is -2.23. The molecule has 1 aliphatic rings. The minimum absolute atomic E-state index is 0.150. The van der Waals surface area contributed by atoms with Crippen molar-refractivity contribution in [2.75, 3.05) is 18.9 Å². The van der Waals surface area contributed by atoms with Gasteiger partial charge in [0.05, 0.1) is 17.2 Å². The molecule has 8 nitrogen and oxygen atoms in total. The van der Waals surface area contributed by atoms with Gasteiger partial charge in [-0.2, -0.15) is 0 Å². The van der Waals surface area contributed by atoms with Crippen LogP contribution in [0.15, 0.2) is 23.1 Å². The van der Waals surface area contributed by atoms with Gasteiger partial charge in [0.15, 0.2) is 0 Å². The Morgan fingerprint density at radius 2 is 2.20 bits per heavy atom. The van der Waals surface area contributed by atoms with Crippen molar-refractivity contribution < 1.29 is 18.1 Å². The van der Waals surface area contributed by atoms with Crippen LogP contribution >= 0.6 is 0 Å². The van der Waals surface area contributed by atoms with Crippen molar-refractivity contribution in [2.45, 2.75) is 23.8 Å². The number of anilines is 1. The normalized spacial score (nSPS) is 19.7. The molecule has 1 aromatic carbocycles. The number of hydrogen-bond donors (Lipinski definition) is 2. The number of ether oxygens (including phenoxy) is 1.